The maximum absolute atomic E-state index is 10.8. The molecule has 1 atom stereocenters. The van der Waals surface area contributed by atoms with Crippen molar-refractivity contribution in [2.24, 2.45) is 0 Å². The van der Waals surface area contributed by atoms with Gasteiger partial charge in [-0.1, -0.05) is 12.1 Å². The average molecular weight is 575 g/mol. The molecule has 224 valence electrons. The van der Waals surface area contributed by atoms with Gasteiger partial charge in [0.05, 0.1) is 50.3 Å². The normalized spacial score (nSPS) is 12.9. The topological polar surface area (TPSA) is 251 Å². The van der Waals surface area contributed by atoms with Gasteiger partial charge < -0.3 is 44.8 Å². The number of hydrogen-bond acceptors (Lipinski definition) is 13. The van der Waals surface area contributed by atoms with Crippen molar-refractivity contribution in [3.63, 3.8) is 0 Å². The highest BCUT2D eigenvalue weighted by molar-refractivity contribution is 6.14. The van der Waals surface area contributed by atoms with Crippen LogP contribution in [0.5, 0.6) is 0 Å². The number of carbonyl (C=O) groups is 6. The molecule has 0 aliphatic carbocycles. The third kappa shape index (κ3) is 22.0. The number of aliphatic carboxylic acids is 2. The fraction of sp³-hybridized carbons (Fsp3) is 0.440. The fourth-order valence-corrected chi connectivity index (χ4v) is 2.12. The molecule has 1 aromatic rings. The van der Waals surface area contributed by atoms with Crippen molar-refractivity contribution in [3.05, 3.63) is 47.5 Å². The zero-order valence-corrected chi connectivity index (χ0v) is 21.8. The quantitative estimate of drug-likeness (QED) is 0.119. The Morgan fingerprint density at radius 1 is 0.775 bits per heavy atom. The van der Waals surface area contributed by atoms with E-state index in [1.165, 1.54) is 6.92 Å². The molecule has 0 bridgehead atoms. The Bertz CT molecular complexity index is 900. The number of fused-ring (bicyclic) bond motifs is 1. The van der Waals surface area contributed by atoms with Gasteiger partial charge in [-0.15, -0.1) is 0 Å². The molecule has 0 fully saturated rings. The van der Waals surface area contributed by atoms with E-state index >= 15 is 0 Å². The second-order valence-corrected chi connectivity index (χ2v) is 7.38. The van der Waals surface area contributed by atoms with E-state index in [0.717, 1.165) is 12.2 Å². The van der Waals surface area contributed by atoms with E-state index in [0.29, 0.717) is 37.2 Å². The molecule has 15 heteroatoms. The lowest BCUT2D eigenvalue weighted by molar-refractivity contribution is -0.150. The molecule has 1 aromatic carbocycles. The van der Waals surface area contributed by atoms with Gasteiger partial charge in [0.1, 0.15) is 0 Å². The Labute approximate surface area is 229 Å². The van der Waals surface area contributed by atoms with Crippen molar-refractivity contribution in [2.45, 2.75) is 38.7 Å². The van der Waals surface area contributed by atoms with Crippen LogP contribution in [-0.2, 0) is 33.4 Å². The van der Waals surface area contributed by atoms with Gasteiger partial charge in [-0.2, -0.15) is 0 Å². The highest BCUT2D eigenvalue weighted by Crippen LogP contribution is 2.18. The molecule has 0 saturated carbocycles. The average Bonchev–Trinajstić information content (AvgIpc) is 3.43. The van der Waals surface area contributed by atoms with Crippen molar-refractivity contribution in [1.29, 1.82) is 0 Å². The first-order chi connectivity index (χ1) is 18.9. The van der Waals surface area contributed by atoms with E-state index in [-0.39, 0.29) is 32.7 Å². The number of rotatable bonds is 10. The molecular formula is C25H34O15. The number of aliphatic hydroxyl groups is 4. The van der Waals surface area contributed by atoms with Crippen LogP contribution in [0.2, 0.25) is 0 Å². The number of unbranched alkanes of at least 4 members (excludes halogenated alkanes) is 1. The zero-order chi connectivity index (χ0) is 30.9. The van der Waals surface area contributed by atoms with Gasteiger partial charge in [-0.05, 0) is 31.9 Å². The molecule has 0 radical (unpaired) electrons. The first-order valence-electron chi connectivity index (χ1n) is 11.7. The Morgan fingerprint density at radius 2 is 1.15 bits per heavy atom. The third-order valence-electron chi connectivity index (χ3n) is 3.88. The van der Waals surface area contributed by atoms with Crippen molar-refractivity contribution in [3.8, 4) is 0 Å². The Kier molecular flexibility index (Phi) is 22.9. The van der Waals surface area contributed by atoms with Gasteiger partial charge in [0.25, 0.3) is 0 Å². The standard InChI is InChI=1S/C8H4O3.C6H10O4.C4H2O3.C4H10O3.C3H8O2/c9-7-5-3-1-2-4-6(5)8(10)11-7;7-5(8)3-1-2-4-6(9)10;5-3-1-2-4(6)7-3;5-1-3-7-4-2-6;1-3(5)2-4/h1-4H;1-4H2,(H,7,8)(H,9,10);1-2H;5-6H,1-4H2;3-5H,2H2,1H3. The molecule has 3 rings (SSSR count). The number of carboxylic acids is 2. The van der Waals surface area contributed by atoms with Crippen LogP contribution < -0.4 is 0 Å². The molecule has 0 saturated heterocycles. The van der Waals surface area contributed by atoms with E-state index < -0.39 is 41.9 Å². The molecular weight excluding hydrogens is 540 g/mol. The first-order valence-corrected chi connectivity index (χ1v) is 11.7. The number of benzene rings is 1. The molecule has 0 amide bonds. The molecule has 2 aliphatic rings. The molecule has 6 N–H and O–H groups in total. The molecule has 0 aromatic heterocycles. The van der Waals surface area contributed by atoms with Crippen LogP contribution in [0.1, 0.15) is 53.3 Å². The van der Waals surface area contributed by atoms with Crippen molar-refractivity contribution >= 4 is 35.8 Å². The lowest BCUT2D eigenvalue weighted by Gasteiger charge is -1.94. The van der Waals surface area contributed by atoms with Crippen LogP contribution in [0, 0.1) is 0 Å². The smallest absolute Gasteiger partial charge is 0.346 e. The Morgan fingerprint density at radius 3 is 1.40 bits per heavy atom. The number of carbonyl (C=O) groups excluding carboxylic acids is 4. The largest absolute Gasteiger partial charge is 0.481 e. The van der Waals surface area contributed by atoms with E-state index in [9.17, 15) is 28.8 Å². The molecule has 40 heavy (non-hydrogen) atoms. The summed E-state index contributed by atoms with van der Waals surface area (Å²) in [5.74, 6) is -4.00. The number of cyclic esters (lactones) is 4. The second-order valence-electron chi connectivity index (χ2n) is 7.38. The maximum atomic E-state index is 10.8. The summed E-state index contributed by atoms with van der Waals surface area (Å²) in [6.45, 7) is 2.08. The minimum absolute atomic E-state index is 0.0278. The third-order valence-corrected chi connectivity index (χ3v) is 3.88. The van der Waals surface area contributed by atoms with Crippen molar-refractivity contribution in [1.82, 2.24) is 0 Å². The number of aliphatic hydroxyl groups excluding tert-OH is 4. The predicted octanol–water partition coefficient (Wildman–Crippen LogP) is -0.314. The summed E-state index contributed by atoms with van der Waals surface area (Å²) < 4.78 is 13.0. The minimum Gasteiger partial charge on any atom is -0.481 e. The van der Waals surface area contributed by atoms with Crippen LogP contribution in [-0.4, -0.2) is 106 Å². The summed E-state index contributed by atoms with van der Waals surface area (Å²) in [7, 11) is 0. The van der Waals surface area contributed by atoms with Gasteiger partial charge in [-0.3, -0.25) is 9.59 Å². The molecule has 2 heterocycles. The summed E-state index contributed by atoms with van der Waals surface area (Å²) in [5.41, 5.74) is 0.718. The van der Waals surface area contributed by atoms with Crippen LogP contribution in [0.4, 0.5) is 0 Å². The van der Waals surface area contributed by atoms with E-state index in [1.807, 2.05) is 0 Å². The highest BCUT2D eigenvalue weighted by atomic mass is 16.6. The molecule has 2 aliphatic heterocycles. The maximum Gasteiger partial charge on any atom is 0.346 e. The van der Waals surface area contributed by atoms with Crippen molar-refractivity contribution < 1.29 is 73.6 Å². The lowest BCUT2D eigenvalue weighted by Crippen LogP contribution is -2.03. The van der Waals surface area contributed by atoms with Crippen LogP contribution in [0.3, 0.4) is 0 Å². The monoisotopic (exact) mass is 574 g/mol. The van der Waals surface area contributed by atoms with Gasteiger partial charge >= 0.3 is 35.8 Å². The number of hydrogen-bond donors (Lipinski definition) is 6. The van der Waals surface area contributed by atoms with Gasteiger partial charge in [0.2, 0.25) is 0 Å². The van der Waals surface area contributed by atoms with Crippen LogP contribution >= 0.6 is 0 Å². The Hall–Kier alpha value is -4.02. The summed E-state index contributed by atoms with van der Waals surface area (Å²) in [6.07, 6.45) is 2.63. The van der Waals surface area contributed by atoms with E-state index in [1.54, 1.807) is 24.3 Å². The van der Waals surface area contributed by atoms with Crippen molar-refractivity contribution in [2.75, 3.05) is 33.0 Å². The summed E-state index contributed by atoms with van der Waals surface area (Å²) in [4.78, 5) is 61.3. The number of carboxylic acid groups (broad SMARTS) is 2. The lowest BCUT2D eigenvalue weighted by atomic mass is 10.1. The van der Waals surface area contributed by atoms with Gasteiger partial charge in [0, 0.05) is 25.0 Å². The van der Waals surface area contributed by atoms with E-state index in [2.05, 4.69) is 14.2 Å². The molecule has 0 spiro atoms. The van der Waals surface area contributed by atoms with Crippen LogP contribution in [0.25, 0.3) is 0 Å². The number of esters is 4. The summed E-state index contributed by atoms with van der Waals surface area (Å²) >= 11 is 0. The first kappa shape index (κ1) is 38.1. The van der Waals surface area contributed by atoms with Gasteiger partial charge in [0.15, 0.2) is 0 Å². The fourth-order valence-electron chi connectivity index (χ4n) is 2.12. The zero-order valence-electron chi connectivity index (χ0n) is 21.8. The molecule has 1 unspecified atom stereocenters. The minimum atomic E-state index is -0.870. The Balaban J connectivity index is 0. The van der Waals surface area contributed by atoms with Gasteiger partial charge in [-0.25, -0.2) is 19.2 Å². The molecule has 15 nitrogen and oxygen atoms in total. The summed E-state index contributed by atoms with van der Waals surface area (Å²) in [5, 5.41) is 48.4. The second kappa shape index (κ2) is 24.1. The SMILES string of the molecule is CC(O)CO.O=C(O)CCCCC(=O)O.O=C1C=CC(=O)O1.O=C1OC(=O)c2ccccc21.OCCOCCO. The van der Waals surface area contributed by atoms with E-state index in [4.69, 9.17) is 30.6 Å². The predicted molar refractivity (Wildman–Crippen MR) is 134 cm³/mol. The highest BCUT2D eigenvalue weighted by Gasteiger charge is 2.28. The number of ether oxygens (including phenoxy) is 3. The van der Waals surface area contributed by atoms with Crippen LogP contribution in [0.15, 0.2) is 36.4 Å². The summed E-state index contributed by atoms with van der Waals surface area (Å²) in [6, 6.07) is 6.53.